The predicted molar refractivity (Wildman–Crippen MR) is 60.6 cm³/mol. The topological polar surface area (TPSA) is 44.0 Å². The van der Waals surface area contributed by atoms with Gasteiger partial charge in [0.05, 0.1) is 6.54 Å². The Morgan fingerprint density at radius 2 is 2.33 bits per heavy atom. The Morgan fingerprint density at radius 3 is 3.00 bits per heavy atom. The summed E-state index contributed by atoms with van der Waals surface area (Å²) in [6.07, 6.45) is 6.39. The van der Waals surface area contributed by atoms with Crippen molar-refractivity contribution in [3.8, 4) is 0 Å². The summed E-state index contributed by atoms with van der Waals surface area (Å²) < 4.78 is 0. The van der Waals surface area contributed by atoms with E-state index in [1.807, 2.05) is 6.20 Å². The van der Waals surface area contributed by atoms with Crippen molar-refractivity contribution in [2.75, 3.05) is 19.6 Å². The van der Waals surface area contributed by atoms with Crippen molar-refractivity contribution < 1.29 is 0 Å². The van der Waals surface area contributed by atoms with Gasteiger partial charge in [-0.1, -0.05) is 0 Å². The highest BCUT2D eigenvalue weighted by Gasteiger charge is 2.14. The van der Waals surface area contributed by atoms with Crippen LogP contribution < -0.4 is 5.32 Å². The average Bonchev–Trinajstić information content (AvgIpc) is 2.86. The predicted octanol–water partition coefficient (Wildman–Crippen LogP) is 0.984. The van der Waals surface area contributed by atoms with Gasteiger partial charge in [-0.15, -0.1) is 0 Å². The molecule has 4 nitrogen and oxygen atoms in total. The van der Waals surface area contributed by atoms with Crippen LogP contribution in [0, 0.1) is 0 Å². The smallest absolute Gasteiger partial charge is 0.120 e. The lowest BCUT2D eigenvalue weighted by molar-refractivity contribution is 0.297. The van der Waals surface area contributed by atoms with Crippen molar-refractivity contribution in [3.05, 3.63) is 18.2 Å². The monoisotopic (exact) mass is 208 g/mol. The zero-order valence-corrected chi connectivity index (χ0v) is 9.37. The number of aromatic nitrogens is 2. The van der Waals surface area contributed by atoms with Crippen LogP contribution in [-0.2, 0) is 6.54 Å². The summed E-state index contributed by atoms with van der Waals surface area (Å²) in [6.45, 7) is 6.77. The van der Waals surface area contributed by atoms with E-state index in [-0.39, 0.29) is 0 Å². The van der Waals surface area contributed by atoms with Gasteiger partial charge < -0.3 is 15.2 Å². The molecule has 0 aromatic carbocycles. The fourth-order valence-electron chi connectivity index (χ4n) is 2.08. The molecule has 1 unspecified atom stereocenters. The van der Waals surface area contributed by atoms with Crippen LogP contribution in [0.2, 0.25) is 0 Å². The molecule has 0 aliphatic carbocycles. The van der Waals surface area contributed by atoms with Gasteiger partial charge in [-0.3, -0.25) is 0 Å². The van der Waals surface area contributed by atoms with E-state index in [0.29, 0.717) is 6.04 Å². The molecule has 2 N–H and O–H groups in total. The molecule has 1 fully saturated rings. The number of nitrogens with one attached hydrogen (secondary N) is 2. The first-order chi connectivity index (χ1) is 7.34. The fraction of sp³-hybridized carbons (Fsp3) is 0.727. The molecule has 0 spiro atoms. The lowest BCUT2D eigenvalue weighted by atomic mass is 10.3. The SMILES string of the molecule is CC(CN1CCCC1)NCc1ncc[nH]1. The maximum absolute atomic E-state index is 4.19. The molecule has 1 aromatic rings. The molecular formula is C11H20N4. The van der Waals surface area contributed by atoms with Gasteiger partial charge in [0, 0.05) is 25.0 Å². The van der Waals surface area contributed by atoms with Crippen LogP contribution in [0.1, 0.15) is 25.6 Å². The molecule has 0 amide bonds. The molecule has 84 valence electrons. The summed E-state index contributed by atoms with van der Waals surface area (Å²) in [4.78, 5) is 9.81. The van der Waals surface area contributed by atoms with Gasteiger partial charge in [0.25, 0.3) is 0 Å². The number of imidazole rings is 1. The van der Waals surface area contributed by atoms with Crippen LogP contribution in [0.25, 0.3) is 0 Å². The second-order valence-corrected chi connectivity index (χ2v) is 4.33. The third-order valence-electron chi connectivity index (χ3n) is 2.90. The van der Waals surface area contributed by atoms with Crippen molar-refractivity contribution in [3.63, 3.8) is 0 Å². The highest BCUT2D eigenvalue weighted by molar-refractivity contribution is 4.86. The second kappa shape index (κ2) is 5.28. The Labute approximate surface area is 91.1 Å². The number of aromatic amines is 1. The summed E-state index contributed by atoms with van der Waals surface area (Å²) in [5.41, 5.74) is 0. The molecule has 15 heavy (non-hydrogen) atoms. The van der Waals surface area contributed by atoms with Gasteiger partial charge in [0.1, 0.15) is 5.82 Å². The molecule has 1 saturated heterocycles. The van der Waals surface area contributed by atoms with Crippen LogP contribution in [0.4, 0.5) is 0 Å². The van der Waals surface area contributed by atoms with Crippen molar-refractivity contribution in [1.82, 2.24) is 20.2 Å². The largest absolute Gasteiger partial charge is 0.348 e. The van der Waals surface area contributed by atoms with E-state index < -0.39 is 0 Å². The zero-order chi connectivity index (χ0) is 10.5. The molecule has 1 aromatic heterocycles. The minimum Gasteiger partial charge on any atom is -0.348 e. The molecule has 1 aliphatic heterocycles. The minimum atomic E-state index is 0.535. The van der Waals surface area contributed by atoms with E-state index in [9.17, 15) is 0 Å². The molecule has 0 bridgehead atoms. The number of hydrogen-bond acceptors (Lipinski definition) is 3. The summed E-state index contributed by atoms with van der Waals surface area (Å²) >= 11 is 0. The minimum absolute atomic E-state index is 0.535. The normalized spacial score (nSPS) is 19.5. The van der Waals surface area contributed by atoms with Crippen molar-refractivity contribution in [1.29, 1.82) is 0 Å². The highest BCUT2D eigenvalue weighted by atomic mass is 15.2. The standard InChI is InChI=1S/C11H20N4/c1-10(9-15-6-2-3-7-15)14-8-11-12-4-5-13-11/h4-5,10,14H,2-3,6-9H2,1H3,(H,12,13). The van der Waals surface area contributed by atoms with Crippen molar-refractivity contribution >= 4 is 0 Å². The highest BCUT2D eigenvalue weighted by Crippen LogP contribution is 2.07. The molecule has 2 rings (SSSR count). The Balaban J connectivity index is 1.66. The maximum Gasteiger partial charge on any atom is 0.120 e. The Morgan fingerprint density at radius 1 is 1.53 bits per heavy atom. The number of nitrogens with zero attached hydrogens (tertiary/aromatic N) is 2. The van der Waals surface area contributed by atoms with E-state index in [1.54, 1.807) is 6.20 Å². The van der Waals surface area contributed by atoms with E-state index >= 15 is 0 Å². The lowest BCUT2D eigenvalue weighted by Crippen LogP contribution is -2.37. The van der Waals surface area contributed by atoms with Crippen LogP contribution in [0.3, 0.4) is 0 Å². The van der Waals surface area contributed by atoms with Crippen LogP contribution in [0.5, 0.6) is 0 Å². The Bertz CT molecular complexity index is 264. The molecule has 2 heterocycles. The lowest BCUT2D eigenvalue weighted by Gasteiger charge is -2.20. The van der Waals surface area contributed by atoms with Crippen LogP contribution >= 0.6 is 0 Å². The van der Waals surface area contributed by atoms with Gasteiger partial charge in [-0.2, -0.15) is 0 Å². The maximum atomic E-state index is 4.19. The molecule has 1 atom stereocenters. The Kier molecular flexibility index (Phi) is 3.75. The Hall–Kier alpha value is -0.870. The van der Waals surface area contributed by atoms with Gasteiger partial charge >= 0.3 is 0 Å². The summed E-state index contributed by atoms with van der Waals surface area (Å²) in [6, 6.07) is 0.535. The van der Waals surface area contributed by atoms with E-state index in [4.69, 9.17) is 0 Å². The molecule has 4 heteroatoms. The quantitative estimate of drug-likeness (QED) is 0.758. The molecule has 1 aliphatic rings. The summed E-state index contributed by atoms with van der Waals surface area (Å²) in [5, 5.41) is 3.48. The van der Waals surface area contributed by atoms with Crippen LogP contribution in [0.15, 0.2) is 12.4 Å². The van der Waals surface area contributed by atoms with Crippen molar-refractivity contribution in [2.45, 2.75) is 32.4 Å². The fourth-order valence-corrected chi connectivity index (χ4v) is 2.08. The van der Waals surface area contributed by atoms with E-state index in [0.717, 1.165) is 18.9 Å². The molecule has 0 radical (unpaired) electrons. The van der Waals surface area contributed by atoms with Gasteiger partial charge in [0.15, 0.2) is 0 Å². The first kappa shape index (κ1) is 10.6. The van der Waals surface area contributed by atoms with Crippen molar-refractivity contribution in [2.24, 2.45) is 0 Å². The van der Waals surface area contributed by atoms with Gasteiger partial charge in [-0.25, -0.2) is 4.98 Å². The third kappa shape index (κ3) is 3.32. The average molecular weight is 208 g/mol. The number of H-pyrrole nitrogens is 1. The first-order valence-corrected chi connectivity index (χ1v) is 5.78. The second-order valence-electron chi connectivity index (χ2n) is 4.33. The van der Waals surface area contributed by atoms with Crippen LogP contribution in [-0.4, -0.2) is 40.5 Å². The zero-order valence-electron chi connectivity index (χ0n) is 9.37. The summed E-state index contributed by atoms with van der Waals surface area (Å²) in [7, 11) is 0. The number of hydrogen-bond donors (Lipinski definition) is 2. The first-order valence-electron chi connectivity index (χ1n) is 5.78. The van der Waals surface area contributed by atoms with Gasteiger partial charge in [-0.05, 0) is 32.9 Å². The molecular weight excluding hydrogens is 188 g/mol. The van der Waals surface area contributed by atoms with E-state index in [2.05, 4.69) is 27.1 Å². The van der Waals surface area contributed by atoms with Gasteiger partial charge in [0.2, 0.25) is 0 Å². The summed E-state index contributed by atoms with van der Waals surface area (Å²) in [5.74, 6) is 1.02. The number of likely N-dealkylation sites (tertiary alicyclic amines) is 1. The van der Waals surface area contributed by atoms with E-state index in [1.165, 1.54) is 25.9 Å². The number of rotatable bonds is 5. The third-order valence-corrected chi connectivity index (χ3v) is 2.90. The molecule has 0 saturated carbocycles.